The number of aromatic nitrogens is 1. The summed E-state index contributed by atoms with van der Waals surface area (Å²) in [7, 11) is 0. The Morgan fingerprint density at radius 3 is 2.71 bits per heavy atom. The lowest BCUT2D eigenvalue weighted by atomic mass is 10.2. The molecular weight excluding hydrogens is 341 g/mol. The molecular formula is C16H13F3N2O2S. The second-order valence-corrected chi connectivity index (χ2v) is 6.32. The average Bonchev–Trinajstić information content (AvgIpc) is 3.09. The summed E-state index contributed by atoms with van der Waals surface area (Å²) in [4.78, 5) is 16.1. The number of nitrogens with one attached hydrogen (secondary N) is 1. The van der Waals surface area contributed by atoms with Crippen molar-refractivity contribution >= 4 is 23.4 Å². The number of halogens is 3. The molecule has 1 fully saturated rings. The standard InChI is InChI=1S/C16H13F3N2O2S/c17-11-2-3-12(15(19)14(11)18)21-16(22)9-1-4-13(20-7-9)23-10-5-6-24-8-10/h1-4,7,10H,5-6,8H2,(H,21,22). The number of hydrogen-bond donors (Lipinski definition) is 1. The summed E-state index contributed by atoms with van der Waals surface area (Å²) < 4.78 is 45.3. The topological polar surface area (TPSA) is 51.2 Å². The number of carbonyl (C=O) groups is 1. The third-order valence-corrected chi connectivity index (χ3v) is 4.59. The largest absolute Gasteiger partial charge is 0.473 e. The number of pyridine rings is 1. The van der Waals surface area contributed by atoms with Gasteiger partial charge in [-0.1, -0.05) is 0 Å². The van der Waals surface area contributed by atoms with Gasteiger partial charge in [-0.2, -0.15) is 11.8 Å². The summed E-state index contributed by atoms with van der Waals surface area (Å²) in [5, 5.41) is 2.18. The van der Waals surface area contributed by atoms with Gasteiger partial charge in [0.05, 0.1) is 11.3 Å². The highest BCUT2D eigenvalue weighted by Crippen LogP contribution is 2.23. The second-order valence-electron chi connectivity index (χ2n) is 5.17. The second kappa shape index (κ2) is 7.12. The van der Waals surface area contributed by atoms with Crippen LogP contribution in [0.2, 0.25) is 0 Å². The van der Waals surface area contributed by atoms with Crippen LogP contribution in [0.3, 0.4) is 0 Å². The van der Waals surface area contributed by atoms with Gasteiger partial charge < -0.3 is 10.1 Å². The number of ether oxygens (including phenoxy) is 1. The molecule has 1 amide bonds. The van der Waals surface area contributed by atoms with Crippen molar-refractivity contribution < 1.29 is 22.7 Å². The number of amides is 1. The lowest BCUT2D eigenvalue weighted by Gasteiger charge is -2.11. The van der Waals surface area contributed by atoms with E-state index in [1.54, 1.807) is 17.8 Å². The number of benzene rings is 1. The normalized spacial score (nSPS) is 16.9. The quantitative estimate of drug-likeness (QED) is 0.852. The maximum absolute atomic E-state index is 13.6. The molecule has 4 nitrogen and oxygen atoms in total. The van der Waals surface area contributed by atoms with Crippen LogP contribution in [-0.4, -0.2) is 28.5 Å². The molecule has 1 aliphatic heterocycles. The van der Waals surface area contributed by atoms with Crippen LogP contribution in [0, 0.1) is 17.5 Å². The lowest BCUT2D eigenvalue weighted by molar-refractivity contribution is 0.102. The van der Waals surface area contributed by atoms with Gasteiger partial charge in [0.15, 0.2) is 17.5 Å². The monoisotopic (exact) mass is 354 g/mol. The summed E-state index contributed by atoms with van der Waals surface area (Å²) in [6.07, 6.45) is 2.34. The number of rotatable bonds is 4. The van der Waals surface area contributed by atoms with E-state index in [9.17, 15) is 18.0 Å². The first-order valence-corrected chi connectivity index (χ1v) is 8.35. The van der Waals surface area contributed by atoms with Crippen molar-refractivity contribution in [2.75, 3.05) is 16.8 Å². The van der Waals surface area contributed by atoms with Gasteiger partial charge >= 0.3 is 0 Å². The van der Waals surface area contributed by atoms with Crippen LogP contribution in [-0.2, 0) is 0 Å². The molecule has 126 valence electrons. The van der Waals surface area contributed by atoms with Crippen molar-refractivity contribution in [2.24, 2.45) is 0 Å². The molecule has 1 atom stereocenters. The molecule has 24 heavy (non-hydrogen) atoms. The van der Waals surface area contributed by atoms with Gasteiger partial charge in [0, 0.05) is 18.0 Å². The summed E-state index contributed by atoms with van der Waals surface area (Å²) >= 11 is 1.80. The van der Waals surface area contributed by atoms with Crippen LogP contribution in [0.1, 0.15) is 16.8 Å². The number of carbonyl (C=O) groups excluding carboxylic acids is 1. The Morgan fingerprint density at radius 1 is 1.21 bits per heavy atom. The Balaban J connectivity index is 1.68. The van der Waals surface area contributed by atoms with Crippen molar-refractivity contribution in [3.63, 3.8) is 0 Å². The zero-order chi connectivity index (χ0) is 17.1. The van der Waals surface area contributed by atoms with E-state index < -0.39 is 29.0 Å². The summed E-state index contributed by atoms with van der Waals surface area (Å²) in [6, 6.07) is 4.70. The third-order valence-electron chi connectivity index (χ3n) is 3.46. The number of anilines is 1. The molecule has 0 bridgehead atoms. The van der Waals surface area contributed by atoms with Gasteiger partial charge in [-0.3, -0.25) is 4.79 Å². The minimum Gasteiger partial charge on any atom is -0.473 e. The zero-order valence-electron chi connectivity index (χ0n) is 12.4. The Hall–Kier alpha value is -2.22. The molecule has 3 rings (SSSR count). The Bertz CT molecular complexity index is 750. The van der Waals surface area contributed by atoms with E-state index in [0.29, 0.717) is 5.88 Å². The van der Waals surface area contributed by atoms with Crippen LogP contribution in [0.5, 0.6) is 5.88 Å². The first-order valence-electron chi connectivity index (χ1n) is 7.20. The number of hydrogen-bond acceptors (Lipinski definition) is 4. The minimum atomic E-state index is -1.64. The summed E-state index contributed by atoms with van der Waals surface area (Å²) in [5.41, 5.74) is -0.297. The van der Waals surface area contributed by atoms with Crippen molar-refractivity contribution in [3.05, 3.63) is 53.5 Å². The molecule has 1 unspecified atom stereocenters. The molecule has 0 radical (unpaired) electrons. The van der Waals surface area contributed by atoms with Crippen molar-refractivity contribution in [1.82, 2.24) is 4.98 Å². The van der Waals surface area contributed by atoms with E-state index in [0.717, 1.165) is 30.1 Å². The Morgan fingerprint density at radius 2 is 2.04 bits per heavy atom. The molecule has 1 aromatic heterocycles. The SMILES string of the molecule is O=C(Nc1ccc(F)c(F)c1F)c1ccc(OC2CCSC2)nc1. The van der Waals surface area contributed by atoms with Crippen molar-refractivity contribution in [2.45, 2.75) is 12.5 Å². The van der Waals surface area contributed by atoms with Gasteiger partial charge in [0.25, 0.3) is 5.91 Å². The number of thioether (sulfide) groups is 1. The van der Waals surface area contributed by atoms with Gasteiger partial charge in [-0.05, 0) is 30.4 Å². The lowest BCUT2D eigenvalue weighted by Crippen LogP contribution is -2.17. The molecule has 2 heterocycles. The van der Waals surface area contributed by atoms with Gasteiger partial charge in [-0.25, -0.2) is 18.2 Å². The van der Waals surface area contributed by atoms with Crippen molar-refractivity contribution in [3.8, 4) is 5.88 Å². The van der Waals surface area contributed by atoms with Gasteiger partial charge in [-0.15, -0.1) is 0 Å². The molecule has 1 aliphatic rings. The molecule has 1 aromatic carbocycles. The van der Waals surface area contributed by atoms with E-state index in [2.05, 4.69) is 10.3 Å². The first-order chi connectivity index (χ1) is 11.5. The molecule has 2 aromatic rings. The van der Waals surface area contributed by atoms with Crippen molar-refractivity contribution in [1.29, 1.82) is 0 Å². The van der Waals surface area contributed by atoms with E-state index in [1.165, 1.54) is 12.3 Å². The highest BCUT2D eigenvalue weighted by Gasteiger charge is 2.18. The van der Waals surface area contributed by atoms with Crippen LogP contribution in [0.4, 0.5) is 18.9 Å². The fraction of sp³-hybridized carbons (Fsp3) is 0.250. The maximum Gasteiger partial charge on any atom is 0.257 e. The van der Waals surface area contributed by atoms with E-state index >= 15 is 0 Å². The highest BCUT2D eigenvalue weighted by atomic mass is 32.2. The van der Waals surface area contributed by atoms with Gasteiger partial charge in [0.1, 0.15) is 6.10 Å². The van der Waals surface area contributed by atoms with Crippen LogP contribution < -0.4 is 10.1 Å². The Kier molecular flexibility index (Phi) is 4.94. The fourth-order valence-electron chi connectivity index (χ4n) is 2.18. The molecule has 0 saturated carbocycles. The smallest absolute Gasteiger partial charge is 0.257 e. The summed E-state index contributed by atoms with van der Waals surface area (Å²) in [5.74, 6) is -2.74. The first kappa shape index (κ1) is 16.6. The zero-order valence-corrected chi connectivity index (χ0v) is 13.2. The highest BCUT2D eigenvalue weighted by molar-refractivity contribution is 7.99. The molecule has 1 N–H and O–H groups in total. The predicted molar refractivity (Wildman–Crippen MR) is 84.9 cm³/mol. The maximum atomic E-state index is 13.6. The molecule has 8 heteroatoms. The minimum absolute atomic E-state index is 0.110. The Labute approximate surface area is 140 Å². The van der Waals surface area contributed by atoms with Crippen LogP contribution in [0.15, 0.2) is 30.5 Å². The fourth-order valence-corrected chi connectivity index (χ4v) is 3.27. The average molecular weight is 354 g/mol. The third kappa shape index (κ3) is 3.64. The summed E-state index contributed by atoms with van der Waals surface area (Å²) in [6.45, 7) is 0. The van der Waals surface area contributed by atoms with E-state index in [-0.39, 0.29) is 11.7 Å². The number of nitrogens with zero attached hydrogens (tertiary/aromatic N) is 1. The van der Waals surface area contributed by atoms with Gasteiger partial charge in [0.2, 0.25) is 5.88 Å². The van der Waals surface area contributed by atoms with Crippen LogP contribution in [0.25, 0.3) is 0 Å². The molecule has 0 spiro atoms. The van der Waals surface area contributed by atoms with E-state index in [1.807, 2.05) is 0 Å². The molecule has 0 aliphatic carbocycles. The predicted octanol–water partition coefficient (Wildman–Crippen LogP) is 3.64. The molecule has 1 saturated heterocycles. The van der Waals surface area contributed by atoms with Crippen LogP contribution >= 0.6 is 11.8 Å². The van der Waals surface area contributed by atoms with E-state index in [4.69, 9.17) is 4.74 Å².